The number of hydrogen-bond acceptors (Lipinski definition) is 4. The Kier molecular flexibility index (Phi) is 4.71. The Morgan fingerprint density at radius 3 is 2.35 bits per heavy atom. The molecule has 0 heterocycles. The van der Waals surface area contributed by atoms with Crippen molar-refractivity contribution in [3.63, 3.8) is 0 Å². The molecule has 106 valence electrons. The summed E-state index contributed by atoms with van der Waals surface area (Å²) in [4.78, 5) is 0. The Hall–Kier alpha value is -2.36. The SMILES string of the molecule is CCOc1ccc(Nc2ccccc2N)cc1OCC. The van der Waals surface area contributed by atoms with Crippen molar-refractivity contribution in [2.24, 2.45) is 0 Å². The molecule has 0 unspecified atom stereocenters. The number of rotatable bonds is 6. The Labute approximate surface area is 119 Å². The maximum atomic E-state index is 5.92. The predicted molar refractivity (Wildman–Crippen MR) is 82.9 cm³/mol. The maximum absolute atomic E-state index is 5.92. The second-order valence-electron chi connectivity index (χ2n) is 4.24. The molecule has 2 aromatic rings. The molecule has 0 aliphatic rings. The van der Waals surface area contributed by atoms with E-state index >= 15 is 0 Å². The largest absolute Gasteiger partial charge is 0.490 e. The third-order valence-corrected chi connectivity index (χ3v) is 2.78. The van der Waals surface area contributed by atoms with Gasteiger partial charge in [0, 0.05) is 11.8 Å². The Bertz CT molecular complexity index is 570. The van der Waals surface area contributed by atoms with Crippen LogP contribution in [-0.2, 0) is 0 Å². The van der Waals surface area contributed by atoms with Gasteiger partial charge in [-0.3, -0.25) is 0 Å². The molecule has 0 atom stereocenters. The van der Waals surface area contributed by atoms with Gasteiger partial charge >= 0.3 is 0 Å². The highest BCUT2D eigenvalue weighted by atomic mass is 16.5. The number of hydrogen-bond donors (Lipinski definition) is 2. The van der Waals surface area contributed by atoms with Crippen LogP contribution in [0.25, 0.3) is 0 Å². The van der Waals surface area contributed by atoms with Crippen LogP contribution in [0.1, 0.15) is 13.8 Å². The lowest BCUT2D eigenvalue weighted by molar-refractivity contribution is 0.288. The quantitative estimate of drug-likeness (QED) is 0.785. The molecule has 0 fully saturated rings. The highest BCUT2D eigenvalue weighted by Crippen LogP contribution is 2.32. The number of para-hydroxylation sites is 2. The molecule has 3 N–H and O–H groups in total. The minimum Gasteiger partial charge on any atom is -0.490 e. The smallest absolute Gasteiger partial charge is 0.163 e. The molecule has 20 heavy (non-hydrogen) atoms. The van der Waals surface area contributed by atoms with E-state index in [9.17, 15) is 0 Å². The lowest BCUT2D eigenvalue weighted by Crippen LogP contribution is -2.00. The van der Waals surface area contributed by atoms with Gasteiger partial charge in [0.05, 0.1) is 24.6 Å². The second kappa shape index (κ2) is 6.70. The molecule has 0 aliphatic carbocycles. The van der Waals surface area contributed by atoms with Crippen LogP contribution in [0.15, 0.2) is 42.5 Å². The Morgan fingerprint density at radius 2 is 1.65 bits per heavy atom. The Morgan fingerprint density at radius 1 is 0.950 bits per heavy atom. The van der Waals surface area contributed by atoms with Gasteiger partial charge in [0.25, 0.3) is 0 Å². The van der Waals surface area contributed by atoms with E-state index in [0.717, 1.165) is 22.9 Å². The van der Waals surface area contributed by atoms with E-state index in [1.54, 1.807) is 0 Å². The molecule has 2 aromatic carbocycles. The van der Waals surface area contributed by atoms with Crippen molar-refractivity contribution in [2.75, 3.05) is 24.3 Å². The van der Waals surface area contributed by atoms with Crippen LogP contribution in [0.5, 0.6) is 11.5 Å². The minimum absolute atomic E-state index is 0.594. The molecular weight excluding hydrogens is 252 g/mol. The van der Waals surface area contributed by atoms with E-state index in [0.29, 0.717) is 18.9 Å². The highest BCUT2D eigenvalue weighted by Gasteiger charge is 2.07. The summed E-state index contributed by atoms with van der Waals surface area (Å²) in [5.74, 6) is 1.48. The Balaban J connectivity index is 2.24. The van der Waals surface area contributed by atoms with Gasteiger partial charge in [-0.25, -0.2) is 0 Å². The van der Waals surface area contributed by atoms with Gasteiger partial charge in [-0.1, -0.05) is 12.1 Å². The molecule has 4 nitrogen and oxygen atoms in total. The lowest BCUT2D eigenvalue weighted by atomic mass is 10.2. The number of anilines is 3. The van der Waals surface area contributed by atoms with E-state index in [1.165, 1.54) is 0 Å². The summed E-state index contributed by atoms with van der Waals surface area (Å²) in [5.41, 5.74) is 8.42. The molecule has 0 bridgehead atoms. The summed E-state index contributed by atoms with van der Waals surface area (Å²) in [5, 5.41) is 3.28. The fourth-order valence-corrected chi connectivity index (χ4v) is 1.90. The zero-order chi connectivity index (χ0) is 14.4. The monoisotopic (exact) mass is 272 g/mol. The van der Waals surface area contributed by atoms with E-state index < -0.39 is 0 Å². The van der Waals surface area contributed by atoms with Crippen LogP contribution >= 0.6 is 0 Å². The molecule has 0 spiro atoms. The number of nitrogen functional groups attached to an aromatic ring is 1. The highest BCUT2D eigenvalue weighted by molar-refractivity contribution is 5.73. The van der Waals surface area contributed by atoms with Gasteiger partial charge in [0.1, 0.15) is 0 Å². The first-order valence-electron chi connectivity index (χ1n) is 6.75. The molecule has 2 rings (SSSR count). The third-order valence-electron chi connectivity index (χ3n) is 2.78. The van der Waals surface area contributed by atoms with Gasteiger partial charge in [0.15, 0.2) is 11.5 Å². The van der Waals surface area contributed by atoms with Crippen LogP contribution in [0.3, 0.4) is 0 Å². The first-order chi connectivity index (χ1) is 9.74. The molecule has 0 saturated heterocycles. The van der Waals surface area contributed by atoms with Crippen LogP contribution in [0, 0.1) is 0 Å². The van der Waals surface area contributed by atoms with E-state index in [2.05, 4.69) is 5.32 Å². The van der Waals surface area contributed by atoms with Crippen LogP contribution in [0.2, 0.25) is 0 Å². The predicted octanol–water partition coefficient (Wildman–Crippen LogP) is 3.81. The second-order valence-corrected chi connectivity index (χ2v) is 4.24. The molecule has 4 heteroatoms. The summed E-state index contributed by atoms with van der Waals surface area (Å²) in [6.45, 7) is 5.10. The first kappa shape index (κ1) is 14.1. The number of ether oxygens (including phenoxy) is 2. The average molecular weight is 272 g/mol. The summed E-state index contributed by atoms with van der Waals surface area (Å²) in [6, 6.07) is 13.4. The third kappa shape index (κ3) is 3.35. The van der Waals surface area contributed by atoms with Crippen molar-refractivity contribution in [2.45, 2.75) is 13.8 Å². The van der Waals surface area contributed by atoms with Crippen molar-refractivity contribution in [3.05, 3.63) is 42.5 Å². The van der Waals surface area contributed by atoms with Crippen molar-refractivity contribution in [1.29, 1.82) is 0 Å². The molecule has 0 saturated carbocycles. The first-order valence-corrected chi connectivity index (χ1v) is 6.75. The number of nitrogens with two attached hydrogens (primary N) is 1. The van der Waals surface area contributed by atoms with Crippen LogP contribution < -0.4 is 20.5 Å². The molecule has 0 aromatic heterocycles. The van der Waals surface area contributed by atoms with E-state index in [1.807, 2.05) is 56.3 Å². The van der Waals surface area contributed by atoms with Gasteiger partial charge in [0.2, 0.25) is 0 Å². The maximum Gasteiger partial charge on any atom is 0.163 e. The van der Waals surface area contributed by atoms with Gasteiger partial charge in [-0.15, -0.1) is 0 Å². The van der Waals surface area contributed by atoms with E-state index in [4.69, 9.17) is 15.2 Å². The number of nitrogens with one attached hydrogen (secondary N) is 1. The molecule has 0 aliphatic heterocycles. The topological polar surface area (TPSA) is 56.5 Å². The van der Waals surface area contributed by atoms with Crippen molar-refractivity contribution in [1.82, 2.24) is 0 Å². The normalized spacial score (nSPS) is 10.1. The van der Waals surface area contributed by atoms with Crippen LogP contribution in [0.4, 0.5) is 17.1 Å². The zero-order valence-electron chi connectivity index (χ0n) is 11.8. The lowest BCUT2D eigenvalue weighted by Gasteiger charge is -2.14. The van der Waals surface area contributed by atoms with Crippen molar-refractivity contribution >= 4 is 17.1 Å². The molecule has 0 amide bonds. The minimum atomic E-state index is 0.594. The summed E-state index contributed by atoms with van der Waals surface area (Å²) in [7, 11) is 0. The van der Waals surface area contributed by atoms with Gasteiger partial charge in [-0.05, 0) is 38.1 Å². The summed E-state index contributed by atoms with van der Waals surface area (Å²) in [6.07, 6.45) is 0. The summed E-state index contributed by atoms with van der Waals surface area (Å²) < 4.78 is 11.1. The molecule has 0 radical (unpaired) electrons. The van der Waals surface area contributed by atoms with Gasteiger partial charge in [-0.2, -0.15) is 0 Å². The van der Waals surface area contributed by atoms with Crippen molar-refractivity contribution < 1.29 is 9.47 Å². The zero-order valence-corrected chi connectivity index (χ0v) is 11.8. The van der Waals surface area contributed by atoms with E-state index in [-0.39, 0.29) is 0 Å². The average Bonchev–Trinajstić information content (AvgIpc) is 2.45. The van der Waals surface area contributed by atoms with Crippen molar-refractivity contribution in [3.8, 4) is 11.5 Å². The summed E-state index contributed by atoms with van der Waals surface area (Å²) >= 11 is 0. The fourth-order valence-electron chi connectivity index (χ4n) is 1.90. The fraction of sp³-hybridized carbons (Fsp3) is 0.250. The van der Waals surface area contributed by atoms with Crippen LogP contribution in [-0.4, -0.2) is 13.2 Å². The van der Waals surface area contributed by atoms with Gasteiger partial charge < -0.3 is 20.5 Å². The number of benzene rings is 2. The molecular formula is C16H20N2O2. The standard InChI is InChI=1S/C16H20N2O2/c1-3-19-15-10-9-12(11-16(15)20-4-2)18-14-8-6-5-7-13(14)17/h5-11,18H,3-4,17H2,1-2H3.